The van der Waals surface area contributed by atoms with E-state index in [4.69, 9.17) is 14.1 Å². The van der Waals surface area contributed by atoms with Crippen LogP contribution in [0.2, 0.25) is 0 Å². The van der Waals surface area contributed by atoms with Crippen LogP contribution in [0.5, 0.6) is 0 Å². The van der Waals surface area contributed by atoms with E-state index in [0.29, 0.717) is 19.8 Å². The molecule has 0 radical (unpaired) electrons. The van der Waals surface area contributed by atoms with Crippen molar-refractivity contribution >= 4 is 5.91 Å². The van der Waals surface area contributed by atoms with Crippen LogP contribution in [0.15, 0.2) is 29.0 Å². The van der Waals surface area contributed by atoms with Gasteiger partial charge in [0, 0.05) is 32.4 Å². The van der Waals surface area contributed by atoms with Gasteiger partial charge in [-0.1, -0.05) is 0 Å². The summed E-state index contributed by atoms with van der Waals surface area (Å²) in [6.45, 7) is 4.92. The highest BCUT2D eigenvalue weighted by atomic mass is 16.5. The van der Waals surface area contributed by atoms with Crippen molar-refractivity contribution in [3.05, 3.63) is 41.9 Å². The summed E-state index contributed by atoms with van der Waals surface area (Å²) in [7, 11) is 2.05. The van der Waals surface area contributed by atoms with E-state index in [9.17, 15) is 4.79 Å². The number of amides is 1. The molecule has 2 aromatic heterocycles. The molecule has 2 aliphatic heterocycles. The second-order valence-corrected chi connectivity index (χ2v) is 6.91. The van der Waals surface area contributed by atoms with Crippen LogP contribution in [0, 0.1) is 5.92 Å². The van der Waals surface area contributed by atoms with Crippen molar-refractivity contribution in [3.8, 4) is 0 Å². The number of hydrogen-bond acceptors (Lipinski definition) is 5. The fourth-order valence-corrected chi connectivity index (χ4v) is 3.56. The van der Waals surface area contributed by atoms with Gasteiger partial charge in [0.2, 0.25) is 5.91 Å². The minimum atomic E-state index is 0.0282. The van der Waals surface area contributed by atoms with E-state index in [1.54, 1.807) is 6.26 Å². The minimum absolute atomic E-state index is 0.0282. The third kappa shape index (κ3) is 3.62. The first-order valence-electron chi connectivity index (χ1n) is 8.81. The number of fused-ring (bicyclic) bond motifs is 1. The zero-order chi connectivity index (χ0) is 17.2. The van der Waals surface area contributed by atoms with E-state index in [1.807, 2.05) is 17.0 Å². The Balaban J connectivity index is 1.37. The molecule has 7 nitrogen and oxygen atoms in total. The molecule has 2 aliphatic rings. The number of ether oxygens (including phenoxy) is 1. The number of rotatable bonds is 5. The summed E-state index contributed by atoms with van der Waals surface area (Å²) < 4.78 is 12.9. The van der Waals surface area contributed by atoms with Gasteiger partial charge in [-0.05, 0) is 25.6 Å². The van der Waals surface area contributed by atoms with Gasteiger partial charge in [0.15, 0.2) is 0 Å². The molecule has 1 atom stereocenters. The van der Waals surface area contributed by atoms with Crippen molar-refractivity contribution in [2.75, 3.05) is 26.8 Å². The molecule has 0 spiro atoms. The molecule has 134 valence electrons. The molecule has 0 bridgehead atoms. The summed E-state index contributed by atoms with van der Waals surface area (Å²) in [6, 6.07) is 3.88. The van der Waals surface area contributed by atoms with E-state index in [1.165, 1.54) is 0 Å². The van der Waals surface area contributed by atoms with Crippen LogP contribution < -0.4 is 0 Å². The molecule has 4 heterocycles. The summed E-state index contributed by atoms with van der Waals surface area (Å²) in [6.07, 6.45) is 4.64. The molecule has 0 unspecified atom stereocenters. The lowest BCUT2D eigenvalue weighted by molar-refractivity contribution is -0.137. The first-order valence-corrected chi connectivity index (χ1v) is 8.81. The molecule has 1 saturated heterocycles. The number of hydrogen-bond donors (Lipinski definition) is 0. The molecule has 0 saturated carbocycles. The minimum Gasteiger partial charge on any atom is -0.468 e. The Morgan fingerprint density at radius 2 is 2.32 bits per heavy atom. The molecule has 0 aliphatic carbocycles. The molecule has 1 amide bonds. The van der Waals surface area contributed by atoms with Crippen molar-refractivity contribution < 1.29 is 13.9 Å². The number of aromatic nitrogens is 2. The third-order valence-electron chi connectivity index (χ3n) is 4.88. The van der Waals surface area contributed by atoms with Gasteiger partial charge >= 0.3 is 0 Å². The molecule has 0 aromatic carbocycles. The fraction of sp³-hybridized carbons (Fsp3) is 0.556. The maximum atomic E-state index is 12.6. The predicted molar refractivity (Wildman–Crippen MR) is 90.4 cm³/mol. The highest BCUT2D eigenvalue weighted by Crippen LogP contribution is 2.20. The monoisotopic (exact) mass is 344 g/mol. The maximum absolute atomic E-state index is 12.6. The number of carbonyl (C=O) groups is 1. The van der Waals surface area contributed by atoms with E-state index < -0.39 is 0 Å². The SMILES string of the molecule is CN(Cc1cn2c(n1)CN(C(=O)[C@H]1CCOC1)CC2)Cc1ccco1. The number of imidazole rings is 1. The average molecular weight is 344 g/mol. The topological polar surface area (TPSA) is 63.7 Å². The normalized spacial score (nSPS) is 20.2. The zero-order valence-electron chi connectivity index (χ0n) is 14.6. The number of furan rings is 1. The van der Waals surface area contributed by atoms with Gasteiger partial charge in [-0.3, -0.25) is 9.69 Å². The Labute approximate surface area is 147 Å². The van der Waals surface area contributed by atoms with E-state index >= 15 is 0 Å². The Kier molecular flexibility index (Phi) is 4.59. The molecule has 4 rings (SSSR count). The van der Waals surface area contributed by atoms with E-state index in [2.05, 4.69) is 22.7 Å². The maximum Gasteiger partial charge on any atom is 0.228 e. The van der Waals surface area contributed by atoms with Gasteiger partial charge < -0.3 is 18.6 Å². The molecule has 1 fully saturated rings. The lowest BCUT2D eigenvalue weighted by atomic mass is 10.1. The van der Waals surface area contributed by atoms with Crippen molar-refractivity contribution in [2.24, 2.45) is 5.92 Å². The third-order valence-corrected chi connectivity index (χ3v) is 4.88. The second kappa shape index (κ2) is 7.01. The van der Waals surface area contributed by atoms with Gasteiger partial charge in [-0.15, -0.1) is 0 Å². The first-order chi connectivity index (χ1) is 12.2. The summed E-state index contributed by atoms with van der Waals surface area (Å²) in [5.74, 6) is 2.16. The summed E-state index contributed by atoms with van der Waals surface area (Å²) in [5, 5.41) is 0. The van der Waals surface area contributed by atoms with Crippen LogP contribution in [0.3, 0.4) is 0 Å². The Morgan fingerprint density at radius 3 is 3.08 bits per heavy atom. The first kappa shape index (κ1) is 16.4. The second-order valence-electron chi connectivity index (χ2n) is 6.91. The smallest absolute Gasteiger partial charge is 0.228 e. The molecule has 0 N–H and O–H groups in total. The van der Waals surface area contributed by atoms with Gasteiger partial charge in [0.1, 0.15) is 11.6 Å². The lowest BCUT2D eigenvalue weighted by Gasteiger charge is -2.29. The molecule has 7 heteroatoms. The largest absolute Gasteiger partial charge is 0.468 e. The average Bonchev–Trinajstić information content (AvgIpc) is 3.34. The standard InChI is InChI=1S/C18H24N4O3/c1-20(11-16-3-2-7-25-16)9-15-10-21-5-6-22(12-17(21)19-15)18(23)14-4-8-24-13-14/h2-3,7,10,14H,4-6,8-9,11-13H2,1H3/t14-/m0/s1. The predicted octanol–water partition coefficient (Wildman–Crippen LogP) is 1.49. The van der Waals surface area contributed by atoms with Crippen molar-refractivity contribution in [2.45, 2.75) is 32.6 Å². The molecular weight excluding hydrogens is 320 g/mol. The van der Waals surface area contributed by atoms with Crippen LogP contribution in [0.25, 0.3) is 0 Å². The van der Waals surface area contributed by atoms with Gasteiger partial charge in [0.05, 0.1) is 37.6 Å². The van der Waals surface area contributed by atoms with Gasteiger partial charge in [-0.25, -0.2) is 4.98 Å². The van der Waals surface area contributed by atoms with E-state index in [-0.39, 0.29) is 11.8 Å². The van der Waals surface area contributed by atoms with Crippen LogP contribution in [-0.4, -0.2) is 52.1 Å². The van der Waals surface area contributed by atoms with Gasteiger partial charge in [-0.2, -0.15) is 0 Å². The highest BCUT2D eigenvalue weighted by molar-refractivity contribution is 5.79. The quantitative estimate of drug-likeness (QED) is 0.822. The lowest BCUT2D eigenvalue weighted by Crippen LogP contribution is -2.41. The summed E-state index contributed by atoms with van der Waals surface area (Å²) >= 11 is 0. The molecular formula is C18H24N4O3. The molecule has 25 heavy (non-hydrogen) atoms. The van der Waals surface area contributed by atoms with Crippen LogP contribution in [-0.2, 0) is 35.7 Å². The van der Waals surface area contributed by atoms with Crippen LogP contribution in [0.4, 0.5) is 0 Å². The van der Waals surface area contributed by atoms with Crippen LogP contribution >= 0.6 is 0 Å². The fourth-order valence-electron chi connectivity index (χ4n) is 3.56. The van der Waals surface area contributed by atoms with Crippen molar-refractivity contribution in [1.82, 2.24) is 19.4 Å². The molecule has 2 aromatic rings. The summed E-state index contributed by atoms with van der Waals surface area (Å²) in [4.78, 5) is 21.4. The van der Waals surface area contributed by atoms with Crippen LogP contribution in [0.1, 0.15) is 23.7 Å². The van der Waals surface area contributed by atoms with Crippen molar-refractivity contribution in [1.29, 1.82) is 0 Å². The highest BCUT2D eigenvalue weighted by Gasteiger charge is 2.30. The van der Waals surface area contributed by atoms with Crippen molar-refractivity contribution in [3.63, 3.8) is 0 Å². The Hall–Kier alpha value is -2.12. The summed E-state index contributed by atoms with van der Waals surface area (Å²) in [5.41, 5.74) is 1.03. The number of carbonyl (C=O) groups excluding carboxylic acids is 1. The van der Waals surface area contributed by atoms with E-state index in [0.717, 1.165) is 49.9 Å². The van der Waals surface area contributed by atoms with Gasteiger partial charge in [0.25, 0.3) is 0 Å². The Bertz CT molecular complexity index is 719. The Morgan fingerprint density at radius 1 is 1.40 bits per heavy atom. The number of nitrogens with zero attached hydrogens (tertiary/aromatic N) is 4. The zero-order valence-corrected chi connectivity index (χ0v) is 14.6.